The van der Waals surface area contributed by atoms with Crippen LogP contribution in [0.5, 0.6) is 0 Å². The molecule has 12 heavy (non-hydrogen) atoms. The van der Waals surface area contributed by atoms with E-state index in [-0.39, 0.29) is 18.6 Å². The Bertz CT molecular complexity index is 217. The zero-order chi connectivity index (χ0) is 9.56. The maximum atomic E-state index is 10.2. The highest BCUT2D eigenvalue weighted by Crippen LogP contribution is 1.99. The van der Waals surface area contributed by atoms with Gasteiger partial charge in [-0.05, 0) is 6.92 Å². The van der Waals surface area contributed by atoms with Gasteiger partial charge in [-0.1, -0.05) is 6.58 Å². The molecule has 0 aromatic carbocycles. The van der Waals surface area contributed by atoms with Gasteiger partial charge in [0.15, 0.2) is 0 Å². The Kier molecular flexibility index (Phi) is 4.73. The fraction of sp³-hybridized carbons (Fsp3) is 0.500. The van der Waals surface area contributed by atoms with Crippen LogP contribution in [0.1, 0.15) is 13.3 Å². The number of rotatable bonds is 5. The first-order valence-corrected chi connectivity index (χ1v) is 3.50. The molecule has 0 aliphatic heterocycles. The molecule has 0 radical (unpaired) electrons. The van der Waals surface area contributed by atoms with Gasteiger partial charge in [0.05, 0.1) is 12.7 Å². The minimum atomic E-state index is -1.02. The Morgan fingerprint density at radius 1 is 1.83 bits per heavy atom. The number of carboxylic acid groups (broad SMARTS) is 1. The summed E-state index contributed by atoms with van der Waals surface area (Å²) in [6.07, 6.45) is -0.243. The van der Waals surface area contributed by atoms with Crippen molar-refractivity contribution in [3.63, 3.8) is 0 Å². The first kappa shape index (κ1) is 10.7. The molecule has 1 N–H and O–H groups in total. The highest BCUT2D eigenvalue weighted by Gasteiger charge is 2.04. The maximum Gasteiger partial charge on any atom is 0.331 e. The molecule has 0 aliphatic carbocycles. The van der Waals surface area contributed by atoms with Crippen LogP contribution in [0.25, 0.3) is 0 Å². The molecule has 1 unspecified atom stereocenters. The van der Waals surface area contributed by atoms with Crippen LogP contribution in [-0.4, -0.2) is 23.8 Å². The molecule has 0 saturated carbocycles. The molecule has 0 heterocycles. The third-order valence-corrected chi connectivity index (χ3v) is 1.26. The molecule has 1 atom stereocenters. The Labute approximate surface area is 71.1 Å². The number of hydrogen-bond acceptors (Lipinski definition) is 3. The highest BCUT2D eigenvalue weighted by molar-refractivity contribution is 5.85. The molecule has 0 aliphatic rings. The second-order valence-electron chi connectivity index (χ2n) is 2.30. The lowest BCUT2D eigenvalue weighted by atomic mass is 10.2. The van der Waals surface area contributed by atoms with E-state index in [9.17, 15) is 4.79 Å². The van der Waals surface area contributed by atoms with Crippen molar-refractivity contribution in [3.8, 4) is 6.07 Å². The summed E-state index contributed by atoms with van der Waals surface area (Å²) >= 11 is 0. The van der Waals surface area contributed by atoms with Gasteiger partial charge in [0.2, 0.25) is 0 Å². The van der Waals surface area contributed by atoms with Gasteiger partial charge < -0.3 is 9.84 Å². The van der Waals surface area contributed by atoms with Crippen molar-refractivity contribution >= 4 is 5.97 Å². The van der Waals surface area contributed by atoms with Crippen molar-refractivity contribution in [1.82, 2.24) is 0 Å². The number of nitrogens with zero attached hydrogens (tertiary/aromatic N) is 1. The monoisotopic (exact) mass is 169 g/mol. The van der Waals surface area contributed by atoms with Crippen LogP contribution in [-0.2, 0) is 9.53 Å². The maximum absolute atomic E-state index is 10.2. The molecule has 0 amide bonds. The van der Waals surface area contributed by atoms with Crippen molar-refractivity contribution in [2.75, 3.05) is 6.61 Å². The number of carbonyl (C=O) groups is 1. The van der Waals surface area contributed by atoms with Gasteiger partial charge in [0.25, 0.3) is 0 Å². The van der Waals surface area contributed by atoms with Crippen molar-refractivity contribution in [2.45, 2.75) is 19.4 Å². The molecule has 0 bridgehead atoms. The van der Waals surface area contributed by atoms with Gasteiger partial charge in [-0.15, -0.1) is 0 Å². The topological polar surface area (TPSA) is 70.3 Å². The molecule has 0 aromatic heterocycles. The molecule has 0 aromatic rings. The lowest BCUT2D eigenvalue weighted by molar-refractivity contribution is -0.132. The van der Waals surface area contributed by atoms with Crippen molar-refractivity contribution in [2.24, 2.45) is 0 Å². The predicted molar refractivity (Wildman–Crippen MR) is 42.4 cm³/mol. The Hall–Kier alpha value is -1.34. The lowest BCUT2D eigenvalue weighted by Crippen LogP contribution is -2.09. The molecule has 0 spiro atoms. The molecule has 0 fully saturated rings. The van der Waals surface area contributed by atoms with Gasteiger partial charge in [-0.25, -0.2) is 4.79 Å². The van der Waals surface area contributed by atoms with E-state index in [0.29, 0.717) is 0 Å². The summed E-state index contributed by atoms with van der Waals surface area (Å²) in [4.78, 5) is 10.2. The van der Waals surface area contributed by atoms with Crippen LogP contribution in [0.15, 0.2) is 12.2 Å². The summed E-state index contributed by atoms with van der Waals surface area (Å²) in [7, 11) is 0. The SMILES string of the molecule is C=C(CCOC(C)C#N)C(=O)O. The minimum absolute atomic E-state index is 0.0974. The fourth-order valence-corrected chi connectivity index (χ4v) is 0.503. The van der Waals surface area contributed by atoms with E-state index in [0.717, 1.165) is 0 Å². The minimum Gasteiger partial charge on any atom is -0.478 e. The second-order valence-corrected chi connectivity index (χ2v) is 2.30. The molecule has 4 heteroatoms. The quantitative estimate of drug-likeness (QED) is 0.622. The number of hydrogen-bond donors (Lipinski definition) is 1. The summed E-state index contributed by atoms with van der Waals surface area (Å²) in [6, 6.07) is 1.87. The molecular formula is C8H11NO3. The molecule has 66 valence electrons. The first-order chi connectivity index (χ1) is 5.57. The van der Waals surface area contributed by atoms with E-state index in [1.807, 2.05) is 6.07 Å². The summed E-state index contributed by atoms with van der Waals surface area (Å²) in [6.45, 7) is 5.14. The van der Waals surface area contributed by atoms with Crippen LogP contribution < -0.4 is 0 Å². The van der Waals surface area contributed by atoms with Crippen LogP contribution >= 0.6 is 0 Å². The van der Waals surface area contributed by atoms with Gasteiger partial charge in [0.1, 0.15) is 6.10 Å². The van der Waals surface area contributed by atoms with Gasteiger partial charge in [-0.3, -0.25) is 0 Å². The average molecular weight is 169 g/mol. The number of ether oxygens (including phenoxy) is 1. The smallest absolute Gasteiger partial charge is 0.331 e. The standard InChI is InChI=1S/C8H11NO3/c1-6(8(10)11)3-4-12-7(2)5-9/h7H,1,3-4H2,2H3,(H,10,11). The predicted octanol–water partition coefficient (Wildman–Crippen LogP) is 0.946. The van der Waals surface area contributed by atoms with E-state index >= 15 is 0 Å². The van der Waals surface area contributed by atoms with Gasteiger partial charge in [0, 0.05) is 12.0 Å². The first-order valence-electron chi connectivity index (χ1n) is 3.50. The molecule has 0 rings (SSSR count). The third kappa shape index (κ3) is 4.47. The van der Waals surface area contributed by atoms with Crippen LogP contribution in [0, 0.1) is 11.3 Å². The van der Waals surface area contributed by atoms with Crippen LogP contribution in [0.4, 0.5) is 0 Å². The van der Waals surface area contributed by atoms with E-state index < -0.39 is 12.1 Å². The Morgan fingerprint density at radius 3 is 2.83 bits per heavy atom. The van der Waals surface area contributed by atoms with Crippen LogP contribution in [0.2, 0.25) is 0 Å². The zero-order valence-electron chi connectivity index (χ0n) is 6.91. The summed E-state index contributed by atoms with van der Waals surface area (Å²) < 4.78 is 4.93. The van der Waals surface area contributed by atoms with Crippen molar-refractivity contribution < 1.29 is 14.6 Å². The third-order valence-electron chi connectivity index (χ3n) is 1.26. The molecule has 0 saturated heterocycles. The number of nitriles is 1. The zero-order valence-corrected chi connectivity index (χ0v) is 6.91. The highest BCUT2D eigenvalue weighted by atomic mass is 16.5. The number of aliphatic carboxylic acids is 1. The van der Waals surface area contributed by atoms with E-state index in [2.05, 4.69) is 6.58 Å². The van der Waals surface area contributed by atoms with E-state index in [4.69, 9.17) is 15.1 Å². The number of carboxylic acids is 1. The Morgan fingerprint density at radius 2 is 2.42 bits per heavy atom. The summed E-state index contributed by atoms with van der Waals surface area (Å²) in [5.41, 5.74) is 0.0974. The fourth-order valence-electron chi connectivity index (χ4n) is 0.503. The normalized spacial score (nSPS) is 11.7. The van der Waals surface area contributed by atoms with Crippen molar-refractivity contribution in [3.05, 3.63) is 12.2 Å². The van der Waals surface area contributed by atoms with Crippen molar-refractivity contribution in [1.29, 1.82) is 5.26 Å². The molecule has 4 nitrogen and oxygen atoms in total. The van der Waals surface area contributed by atoms with E-state index in [1.54, 1.807) is 6.92 Å². The summed E-state index contributed by atoms with van der Waals surface area (Å²) in [5, 5.41) is 16.7. The largest absolute Gasteiger partial charge is 0.478 e. The average Bonchev–Trinajstić information content (AvgIpc) is 2.03. The summed E-state index contributed by atoms with van der Waals surface area (Å²) in [5.74, 6) is -1.02. The van der Waals surface area contributed by atoms with E-state index in [1.165, 1.54) is 0 Å². The second kappa shape index (κ2) is 5.33. The van der Waals surface area contributed by atoms with Crippen LogP contribution in [0.3, 0.4) is 0 Å². The molecular weight excluding hydrogens is 158 g/mol. The van der Waals surface area contributed by atoms with Gasteiger partial charge in [-0.2, -0.15) is 5.26 Å². The van der Waals surface area contributed by atoms with Gasteiger partial charge >= 0.3 is 5.97 Å². The Balaban J connectivity index is 3.52. The lowest BCUT2D eigenvalue weighted by Gasteiger charge is -2.04.